The maximum atomic E-state index is 8.74. The van der Waals surface area contributed by atoms with E-state index in [1.165, 1.54) is 66.8 Å². The Morgan fingerprint density at radius 1 is 0.206 bits per heavy atom. The first-order valence-corrected chi connectivity index (χ1v) is 21.9. The highest BCUT2D eigenvalue weighted by Gasteiger charge is 2.52. The number of hydrogen-bond donors (Lipinski definition) is 0. The second kappa shape index (κ2) is 13.6. The van der Waals surface area contributed by atoms with Crippen molar-refractivity contribution < 1.29 is 4.11 Å². The van der Waals surface area contributed by atoms with Gasteiger partial charge in [-0.15, -0.1) is 0 Å². The van der Waals surface area contributed by atoms with E-state index in [1.54, 1.807) is 0 Å². The van der Waals surface area contributed by atoms with E-state index in [0.717, 1.165) is 33.4 Å². The van der Waals surface area contributed by atoms with Crippen LogP contribution in [0, 0.1) is 0 Å². The number of hydrogen-bond acceptors (Lipinski definition) is 0. The van der Waals surface area contributed by atoms with Crippen molar-refractivity contribution in [3.05, 3.63) is 321 Å². The first kappa shape index (κ1) is 32.9. The zero-order chi connectivity index (χ0) is 44.2. The fourth-order valence-electron chi connectivity index (χ4n) is 12.3. The van der Waals surface area contributed by atoms with Crippen molar-refractivity contribution in [2.75, 3.05) is 0 Å². The summed E-state index contributed by atoms with van der Waals surface area (Å²) in [5.41, 5.74) is 18.7. The summed E-state index contributed by atoms with van der Waals surface area (Å²) in [5, 5.41) is 0. The van der Waals surface area contributed by atoms with Crippen molar-refractivity contribution in [3.63, 3.8) is 0 Å². The lowest BCUT2D eigenvalue weighted by atomic mass is 9.60. The predicted octanol–water partition coefficient (Wildman–Crippen LogP) is 14.8. The third-order valence-corrected chi connectivity index (χ3v) is 14.5. The minimum atomic E-state index is -0.792. The molecule has 0 aromatic heterocycles. The second-order valence-corrected chi connectivity index (χ2v) is 17.2. The van der Waals surface area contributed by atoms with Gasteiger partial charge in [0.25, 0.3) is 0 Å². The zero-order valence-electron chi connectivity index (χ0n) is 37.5. The summed E-state index contributed by atoms with van der Waals surface area (Å²) in [6.07, 6.45) is 0. The van der Waals surface area contributed by atoms with E-state index in [0.29, 0.717) is 18.1 Å². The Bertz CT molecular complexity index is 3040. The Labute approximate surface area is 373 Å². The molecule has 0 spiro atoms. The molecule has 0 heterocycles. The molecule has 0 N–H and O–H groups in total. The van der Waals surface area contributed by atoms with Gasteiger partial charge in [-0.1, -0.05) is 255 Å². The molecular weight excluding hydrogens is 757 g/mol. The highest BCUT2D eigenvalue weighted by molar-refractivity contribution is 5.91. The molecule has 0 heteroatoms. The van der Waals surface area contributed by atoms with Crippen LogP contribution in [0.1, 0.15) is 70.9 Å². The first-order chi connectivity index (χ1) is 32.4. The Morgan fingerprint density at radius 3 is 0.603 bits per heavy atom. The lowest BCUT2D eigenvalue weighted by Crippen LogP contribution is -2.35. The molecule has 10 aromatic carbocycles. The molecule has 13 rings (SSSR count). The lowest BCUT2D eigenvalue weighted by Gasteiger charge is -2.41. The molecule has 0 bridgehead atoms. The Kier molecular flexibility index (Phi) is 7.10. The minimum absolute atomic E-state index is 0.467. The summed E-state index contributed by atoms with van der Waals surface area (Å²) in [6, 6.07) is 86.9. The van der Waals surface area contributed by atoms with Gasteiger partial charge in [0.2, 0.25) is 0 Å². The normalized spacial score (nSPS) is 15.7. The van der Waals surface area contributed by atoms with Crippen LogP contribution in [0.15, 0.2) is 255 Å². The van der Waals surface area contributed by atoms with Crippen molar-refractivity contribution in [1.29, 1.82) is 0 Å². The molecule has 0 aliphatic heterocycles. The summed E-state index contributed by atoms with van der Waals surface area (Å²) >= 11 is 0. The third-order valence-electron chi connectivity index (χ3n) is 14.5. The Balaban J connectivity index is 1.27. The van der Waals surface area contributed by atoms with E-state index in [-0.39, 0.29) is 0 Å². The Morgan fingerprint density at radius 2 is 0.397 bits per heavy atom. The van der Waals surface area contributed by atoms with Crippen LogP contribution in [0.2, 0.25) is 0 Å². The molecule has 10 aromatic rings. The molecule has 3 aliphatic carbocycles. The highest BCUT2D eigenvalue weighted by atomic mass is 14.5. The van der Waals surface area contributed by atoms with Gasteiger partial charge in [0.1, 0.15) is 0 Å². The standard InChI is InChI=1S/C63H42/c1-4-22-43(23-5-1)61(55-34-16-10-28-49(55)50-29-11-17-35-56(50)61)46-40-47(62(44-24-6-2-7-25-44)57-36-18-12-30-51(57)52-31-13-19-37-58(52)62)42-48(41-46)63(45-26-8-3-9-27-45)59-38-20-14-32-53(59)54-33-15-21-39-60(54)63/h1-42H/i1D,2D,3D. The molecule has 0 nitrogen and oxygen atoms in total. The van der Waals surface area contributed by atoms with Gasteiger partial charge in [0.15, 0.2) is 0 Å². The van der Waals surface area contributed by atoms with Gasteiger partial charge in [-0.2, -0.15) is 0 Å². The van der Waals surface area contributed by atoms with Crippen molar-refractivity contribution in [3.8, 4) is 33.4 Å². The molecule has 0 saturated heterocycles. The van der Waals surface area contributed by atoms with Gasteiger partial charge in [-0.05, 0) is 100 Å². The molecule has 294 valence electrons. The number of rotatable bonds is 6. The van der Waals surface area contributed by atoms with Crippen LogP contribution in [-0.2, 0) is 16.2 Å². The molecule has 63 heavy (non-hydrogen) atoms. The van der Waals surface area contributed by atoms with E-state index < -0.39 is 16.2 Å². The van der Waals surface area contributed by atoms with Crippen LogP contribution >= 0.6 is 0 Å². The third kappa shape index (κ3) is 4.65. The van der Waals surface area contributed by atoms with E-state index in [4.69, 9.17) is 4.11 Å². The van der Waals surface area contributed by atoms with E-state index in [9.17, 15) is 0 Å². The fraction of sp³-hybridized carbons (Fsp3) is 0.0476. The van der Waals surface area contributed by atoms with Gasteiger partial charge >= 0.3 is 0 Å². The topological polar surface area (TPSA) is 0 Å². The zero-order valence-corrected chi connectivity index (χ0v) is 34.5. The molecule has 0 unspecified atom stereocenters. The second-order valence-electron chi connectivity index (χ2n) is 17.2. The van der Waals surface area contributed by atoms with Crippen molar-refractivity contribution in [1.82, 2.24) is 0 Å². The van der Waals surface area contributed by atoms with Crippen LogP contribution < -0.4 is 0 Å². The van der Waals surface area contributed by atoms with E-state index >= 15 is 0 Å². The maximum Gasteiger partial charge on any atom is 0.0713 e. The SMILES string of the molecule is [2H]c1ccc(C2(c3cc(C4(c5ccc([2H])cc5)c5ccccc5-c5ccccc54)cc(C4(c5ccc([2H])cc5)c5ccccc5-c5ccccc54)c3)c3ccccc3-c3ccccc32)cc1. The molecule has 3 aliphatic rings. The smallest absolute Gasteiger partial charge is 0.0622 e. The van der Waals surface area contributed by atoms with Crippen molar-refractivity contribution in [2.24, 2.45) is 0 Å². The predicted molar refractivity (Wildman–Crippen MR) is 258 cm³/mol. The summed E-state index contributed by atoms with van der Waals surface area (Å²) < 4.78 is 26.2. The van der Waals surface area contributed by atoms with Crippen LogP contribution in [0.25, 0.3) is 33.4 Å². The number of benzene rings is 10. The summed E-state index contributed by atoms with van der Waals surface area (Å²) in [7, 11) is 0. The quantitative estimate of drug-likeness (QED) is 0.157. The maximum absolute atomic E-state index is 8.74. The van der Waals surface area contributed by atoms with Crippen LogP contribution in [0.3, 0.4) is 0 Å². The highest BCUT2D eigenvalue weighted by Crippen LogP contribution is 2.62. The average molecular weight is 802 g/mol. The summed E-state index contributed by atoms with van der Waals surface area (Å²) in [6.45, 7) is 0. The van der Waals surface area contributed by atoms with Crippen LogP contribution in [0.5, 0.6) is 0 Å². The molecule has 0 radical (unpaired) electrons. The van der Waals surface area contributed by atoms with E-state index in [1.807, 2.05) is 36.4 Å². The lowest BCUT2D eigenvalue weighted by molar-refractivity contribution is 0.713. The van der Waals surface area contributed by atoms with Gasteiger partial charge in [-0.3, -0.25) is 0 Å². The van der Waals surface area contributed by atoms with Gasteiger partial charge in [-0.25, -0.2) is 0 Å². The van der Waals surface area contributed by atoms with Crippen LogP contribution in [-0.4, -0.2) is 0 Å². The van der Waals surface area contributed by atoms with Gasteiger partial charge in [0.05, 0.1) is 20.4 Å². The first-order valence-electron chi connectivity index (χ1n) is 23.4. The van der Waals surface area contributed by atoms with Gasteiger partial charge in [0, 0.05) is 0 Å². The Hall–Kier alpha value is -7.80. The van der Waals surface area contributed by atoms with Crippen LogP contribution in [0.4, 0.5) is 0 Å². The van der Waals surface area contributed by atoms with E-state index in [2.05, 4.69) is 200 Å². The van der Waals surface area contributed by atoms with Gasteiger partial charge < -0.3 is 0 Å². The monoisotopic (exact) mass is 801 g/mol. The number of fused-ring (bicyclic) bond motifs is 9. The minimum Gasteiger partial charge on any atom is -0.0622 e. The molecule has 0 atom stereocenters. The largest absolute Gasteiger partial charge is 0.0713 e. The van der Waals surface area contributed by atoms with Crippen molar-refractivity contribution in [2.45, 2.75) is 16.2 Å². The molecule has 0 amide bonds. The van der Waals surface area contributed by atoms with Crippen molar-refractivity contribution >= 4 is 0 Å². The summed E-state index contributed by atoms with van der Waals surface area (Å²) in [4.78, 5) is 0. The average Bonchev–Trinajstić information content (AvgIpc) is 3.96. The molecular formula is C63H42. The fourth-order valence-corrected chi connectivity index (χ4v) is 12.3. The molecule has 0 saturated carbocycles. The summed E-state index contributed by atoms with van der Waals surface area (Å²) in [5.74, 6) is 0. The molecule has 0 fully saturated rings.